The summed E-state index contributed by atoms with van der Waals surface area (Å²) in [5, 5.41) is 4.01. The van der Waals surface area contributed by atoms with Crippen LogP contribution >= 0.6 is 27.3 Å². The monoisotopic (exact) mass is 264 g/mol. The quantitative estimate of drug-likeness (QED) is 0.735. The summed E-state index contributed by atoms with van der Waals surface area (Å²) in [7, 11) is 1.72. The summed E-state index contributed by atoms with van der Waals surface area (Å²) in [6.45, 7) is 2.61. The van der Waals surface area contributed by atoms with Crippen molar-refractivity contribution < 1.29 is 4.74 Å². The van der Waals surface area contributed by atoms with Gasteiger partial charge in [0, 0.05) is 37.1 Å². The standard InChI is InChI=1S/C8H13BrN2OS/c1-12-6-5-11(4-2-9)8-10-3-7-13-8/h3,7H,2,4-6H2,1H3. The Bertz CT molecular complexity index is 218. The lowest BCUT2D eigenvalue weighted by molar-refractivity contribution is 0.205. The molecule has 0 atom stereocenters. The average molecular weight is 265 g/mol. The van der Waals surface area contributed by atoms with Crippen LogP contribution in [-0.4, -0.2) is 37.1 Å². The first-order chi connectivity index (χ1) is 6.38. The van der Waals surface area contributed by atoms with Gasteiger partial charge in [-0.3, -0.25) is 0 Å². The Morgan fingerprint density at radius 3 is 3.00 bits per heavy atom. The lowest BCUT2D eigenvalue weighted by atomic mass is 10.5. The highest BCUT2D eigenvalue weighted by Gasteiger charge is 2.06. The molecule has 1 aromatic heterocycles. The van der Waals surface area contributed by atoms with Gasteiger partial charge in [-0.2, -0.15) is 0 Å². The molecule has 0 radical (unpaired) electrons. The van der Waals surface area contributed by atoms with E-state index in [1.807, 2.05) is 11.6 Å². The van der Waals surface area contributed by atoms with E-state index in [0.717, 1.165) is 30.2 Å². The number of rotatable bonds is 6. The fourth-order valence-corrected chi connectivity index (χ4v) is 2.10. The molecule has 74 valence electrons. The van der Waals surface area contributed by atoms with E-state index < -0.39 is 0 Å². The minimum absolute atomic E-state index is 0.743. The molecular formula is C8H13BrN2OS. The van der Waals surface area contributed by atoms with Gasteiger partial charge in [-0.15, -0.1) is 11.3 Å². The second-order valence-electron chi connectivity index (χ2n) is 2.48. The van der Waals surface area contributed by atoms with E-state index in [0.29, 0.717) is 0 Å². The second kappa shape index (κ2) is 6.34. The maximum Gasteiger partial charge on any atom is 0.185 e. The summed E-state index contributed by atoms with van der Waals surface area (Å²) in [6.07, 6.45) is 1.83. The van der Waals surface area contributed by atoms with E-state index >= 15 is 0 Å². The van der Waals surface area contributed by atoms with Crippen molar-refractivity contribution in [2.45, 2.75) is 0 Å². The topological polar surface area (TPSA) is 25.4 Å². The number of alkyl halides is 1. The molecule has 1 heterocycles. The SMILES string of the molecule is COCCN(CCBr)c1nccs1. The number of thiazole rings is 1. The second-order valence-corrected chi connectivity index (χ2v) is 4.15. The molecule has 0 aliphatic carbocycles. The van der Waals surface area contributed by atoms with Crippen LogP contribution < -0.4 is 4.90 Å². The predicted octanol–water partition coefficient (Wildman–Crippen LogP) is 1.99. The van der Waals surface area contributed by atoms with Crippen LogP contribution in [0.4, 0.5) is 5.13 Å². The number of anilines is 1. The van der Waals surface area contributed by atoms with Crippen LogP contribution in [0.3, 0.4) is 0 Å². The van der Waals surface area contributed by atoms with E-state index in [9.17, 15) is 0 Å². The summed E-state index contributed by atoms with van der Waals surface area (Å²) in [6, 6.07) is 0. The van der Waals surface area contributed by atoms with Gasteiger partial charge in [0.1, 0.15) is 0 Å². The average Bonchev–Trinajstić information content (AvgIpc) is 2.65. The molecule has 1 aromatic rings. The van der Waals surface area contributed by atoms with Crippen LogP contribution in [0.15, 0.2) is 11.6 Å². The molecule has 0 aliphatic rings. The van der Waals surface area contributed by atoms with E-state index in [1.54, 1.807) is 18.4 Å². The minimum Gasteiger partial charge on any atom is -0.383 e. The first-order valence-corrected chi connectivity index (χ1v) is 6.08. The maximum atomic E-state index is 5.04. The van der Waals surface area contributed by atoms with Crippen molar-refractivity contribution in [2.24, 2.45) is 0 Å². The molecule has 3 nitrogen and oxygen atoms in total. The molecule has 0 saturated carbocycles. The Hall–Kier alpha value is -0.130. The summed E-state index contributed by atoms with van der Waals surface area (Å²) in [4.78, 5) is 6.47. The number of aromatic nitrogens is 1. The molecule has 0 aliphatic heterocycles. The number of ether oxygens (including phenoxy) is 1. The van der Waals surface area contributed by atoms with E-state index in [1.165, 1.54) is 0 Å². The molecule has 0 N–H and O–H groups in total. The summed E-state index contributed by atoms with van der Waals surface area (Å²) in [5.41, 5.74) is 0. The molecular weight excluding hydrogens is 252 g/mol. The molecule has 0 spiro atoms. The first kappa shape index (κ1) is 10.9. The molecule has 13 heavy (non-hydrogen) atoms. The van der Waals surface area contributed by atoms with Crippen LogP contribution in [-0.2, 0) is 4.74 Å². The first-order valence-electron chi connectivity index (χ1n) is 4.08. The Morgan fingerprint density at radius 2 is 2.46 bits per heavy atom. The lowest BCUT2D eigenvalue weighted by Crippen LogP contribution is -2.28. The highest BCUT2D eigenvalue weighted by Crippen LogP contribution is 2.16. The van der Waals surface area contributed by atoms with E-state index in [-0.39, 0.29) is 0 Å². The van der Waals surface area contributed by atoms with Crippen molar-refractivity contribution in [1.29, 1.82) is 0 Å². The summed E-state index contributed by atoms with van der Waals surface area (Å²) in [5.74, 6) is 0. The van der Waals surface area contributed by atoms with Crippen molar-refractivity contribution in [3.05, 3.63) is 11.6 Å². The zero-order chi connectivity index (χ0) is 9.52. The molecule has 1 rings (SSSR count). The van der Waals surface area contributed by atoms with Crippen LogP contribution in [0.5, 0.6) is 0 Å². The number of nitrogens with zero attached hydrogens (tertiary/aromatic N) is 2. The maximum absolute atomic E-state index is 5.04. The fourth-order valence-electron chi connectivity index (χ4n) is 0.979. The normalized spacial score (nSPS) is 10.3. The third kappa shape index (κ3) is 3.62. The Morgan fingerprint density at radius 1 is 1.62 bits per heavy atom. The van der Waals surface area contributed by atoms with Gasteiger partial charge in [0.2, 0.25) is 0 Å². The van der Waals surface area contributed by atoms with Crippen molar-refractivity contribution in [1.82, 2.24) is 4.98 Å². The van der Waals surface area contributed by atoms with Crippen LogP contribution in [0.25, 0.3) is 0 Å². The smallest absolute Gasteiger partial charge is 0.185 e. The van der Waals surface area contributed by atoms with Crippen molar-refractivity contribution in [3.8, 4) is 0 Å². The molecule has 0 bridgehead atoms. The molecule has 0 unspecified atom stereocenters. The highest BCUT2D eigenvalue weighted by molar-refractivity contribution is 9.09. The van der Waals surface area contributed by atoms with Gasteiger partial charge < -0.3 is 9.64 Å². The Kier molecular flexibility index (Phi) is 5.34. The molecule has 0 aromatic carbocycles. The van der Waals surface area contributed by atoms with Crippen LogP contribution in [0, 0.1) is 0 Å². The Balaban J connectivity index is 2.47. The van der Waals surface area contributed by atoms with Gasteiger partial charge in [-0.25, -0.2) is 4.98 Å². The number of hydrogen-bond acceptors (Lipinski definition) is 4. The molecule has 0 saturated heterocycles. The predicted molar refractivity (Wildman–Crippen MR) is 60.0 cm³/mol. The lowest BCUT2D eigenvalue weighted by Gasteiger charge is -2.19. The fraction of sp³-hybridized carbons (Fsp3) is 0.625. The van der Waals surface area contributed by atoms with Gasteiger partial charge in [-0.1, -0.05) is 15.9 Å². The minimum atomic E-state index is 0.743. The highest BCUT2D eigenvalue weighted by atomic mass is 79.9. The van der Waals surface area contributed by atoms with Gasteiger partial charge in [-0.05, 0) is 0 Å². The summed E-state index contributed by atoms with van der Waals surface area (Å²) < 4.78 is 5.04. The third-order valence-electron chi connectivity index (χ3n) is 1.61. The number of hydrogen-bond donors (Lipinski definition) is 0. The largest absolute Gasteiger partial charge is 0.383 e. The van der Waals surface area contributed by atoms with Gasteiger partial charge >= 0.3 is 0 Å². The van der Waals surface area contributed by atoms with Crippen molar-refractivity contribution in [2.75, 3.05) is 37.0 Å². The summed E-state index contributed by atoms with van der Waals surface area (Å²) >= 11 is 5.08. The number of halogens is 1. The van der Waals surface area contributed by atoms with Crippen molar-refractivity contribution in [3.63, 3.8) is 0 Å². The Labute approximate surface area is 90.9 Å². The zero-order valence-electron chi connectivity index (χ0n) is 7.57. The molecule has 5 heteroatoms. The molecule has 0 fully saturated rings. The van der Waals surface area contributed by atoms with E-state index in [2.05, 4.69) is 25.8 Å². The van der Waals surface area contributed by atoms with Crippen LogP contribution in [0.1, 0.15) is 0 Å². The van der Waals surface area contributed by atoms with E-state index in [4.69, 9.17) is 4.74 Å². The zero-order valence-corrected chi connectivity index (χ0v) is 9.97. The van der Waals surface area contributed by atoms with Gasteiger partial charge in [0.15, 0.2) is 5.13 Å². The molecule has 0 amide bonds. The van der Waals surface area contributed by atoms with Gasteiger partial charge in [0.25, 0.3) is 0 Å². The number of methoxy groups -OCH3 is 1. The third-order valence-corrected chi connectivity index (χ3v) is 2.80. The van der Waals surface area contributed by atoms with Gasteiger partial charge in [0.05, 0.1) is 6.61 Å². The van der Waals surface area contributed by atoms with Crippen molar-refractivity contribution >= 4 is 32.4 Å². The van der Waals surface area contributed by atoms with Crippen LogP contribution in [0.2, 0.25) is 0 Å².